The Morgan fingerprint density at radius 3 is 2.75 bits per heavy atom. The van der Waals surface area contributed by atoms with Crippen LogP contribution in [0.4, 0.5) is 0 Å². The lowest BCUT2D eigenvalue weighted by Gasteiger charge is -2.40. The van der Waals surface area contributed by atoms with Crippen molar-refractivity contribution in [2.24, 2.45) is 5.92 Å². The summed E-state index contributed by atoms with van der Waals surface area (Å²) in [5.74, 6) is 1.88. The highest BCUT2D eigenvalue weighted by atomic mass is 32.2. The van der Waals surface area contributed by atoms with E-state index in [1.54, 1.807) is 0 Å². The van der Waals surface area contributed by atoms with Gasteiger partial charge in [0.15, 0.2) is 0 Å². The maximum Gasteiger partial charge on any atom is 0.223 e. The first kappa shape index (κ1) is 12.2. The van der Waals surface area contributed by atoms with Crippen LogP contribution < -0.4 is 0 Å². The molecule has 2 rings (SSSR count). The summed E-state index contributed by atoms with van der Waals surface area (Å²) in [5, 5.41) is 0. The average Bonchev–Trinajstić information content (AvgIpc) is 2.62. The molecule has 2 fully saturated rings. The van der Waals surface area contributed by atoms with E-state index in [-0.39, 0.29) is 4.87 Å². The van der Waals surface area contributed by atoms with E-state index in [0.29, 0.717) is 18.2 Å². The number of carbonyl (C=O) groups is 1. The molecule has 0 atom stereocenters. The molecule has 0 aromatic rings. The van der Waals surface area contributed by atoms with Crippen LogP contribution in [0.1, 0.15) is 33.1 Å². The summed E-state index contributed by atoms with van der Waals surface area (Å²) in [6.07, 6.45) is 2.69. The van der Waals surface area contributed by atoms with Crippen molar-refractivity contribution in [1.29, 1.82) is 0 Å². The molecular formula is C12H21NO2S. The van der Waals surface area contributed by atoms with Gasteiger partial charge in [-0.3, -0.25) is 4.79 Å². The maximum atomic E-state index is 12.2. The Morgan fingerprint density at radius 2 is 2.12 bits per heavy atom. The Balaban J connectivity index is 2.04. The van der Waals surface area contributed by atoms with Crippen molar-refractivity contribution in [3.05, 3.63) is 0 Å². The largest absolute Gasteiger partial charge is 0.381 e. The van der Waals surface area contributed by atoms with Crippen molar-refractivity contribution >= 4 is 17.7 Å². The maximum absolute atomic E-state index is 12.2. The van der Waals surface area contributed by atoms with Crippen LogP contribution in [0, 0.1) is 5.92 Å². The van der Waals surface area contributed by atoms with Gasteiger partial charge in [-0.15, -0.1) is 11.8 Å². The van der Waals surface area contributed by atoms with Crippen LogP contribution in [0.2, 0.25) is 0 Å². The second kappa shape index (κ2) is 4.96. The van der Waals surface area contributed by atoms with Crippen molar-refractivity contribution in [1.82, 2.24) is 4.90 Å². The Labute approximate surface area is 102 Å². The van der Waals surface area contributed by atoms with Crippen LogP contribution in [0.3, 0.4) is 0 Å². The van der Waals surface area contributed by atoms with Gasteiger partial charge in [-0.1, -0.05) is 13.8 Å². The molecule has 2 heterocycles. The number of hydrogen-bond donors (Lipinski definition) is 0. The first-order valence-electron chi connectivity index (χ1n) is 6.16. The number of hydrogen-bond acceptors (Lipinski definition) is 3. The summed E-state index contributed by atoms with van der Waals surface area (Å²) in [6.45, 7) is 6.75. The molecule has 16 heavy (non-hydrogen) atoms. The van der Waals surface area contributed by atoms with E-state index < -0.39 is 0 Å². The van der Waals surface area contributed by atoms with E-state index in [9.17, 15) is 4.79 Å². The normalized spacial score (nSPS) is 24.3. The van der Waals surface area contributed by atoms with Gasteiger partial charge in [0, 0.05) is 44.8 Å². The minimum atomic E-state index is 0.0736. The van der Waals surface area contributed by atoms with Gasteiger partial charge in [0.1, 0.15) is 0 Å². The molecule has 0 bridgehead atoms. The molecule has 0 aromatic heterocycles. The number of rotatable bonds is 2. The number of ether oxygens (including phenoxy) is 1. The Morgan fingerprint density at radius 1 is 1.44 bits per heavy atom. The molecule has 0 saturated carbocycles. The fourth-order valence-electron chi connectivity index (χ4n) is 2.52. The minimum absolute atomic E-state index is 0.0736. The zero-order chi connectivity index (χ0) is 11.6. The molecule has 3 nitrogen and oxygen atoms in total. The summed E-state index contributed by atoms with van der Waals surface area (Å²) in [6, 6.07) is 0. The summed E-state index contributed by atoms with van der Waals surface area (Å²) < 4.78 is 5.41. The highest BCUT2D eigenvalue weighted by Gasteiger charge is 2.45. The quantitative estimate of drug-likeness (QED) is 0.744. The van der Waals surface area contributed by atoms with E-state index in [0.717, 1.165) is 38.4 Å². The predicted molar refractivity (Wildman–Crippen MR) is 66.4 cm³/mol. The third-order valence-corrected chi connectivity index (χ3v) is 4.89. The second-order valence-corrected chi connectivity index (χ2v) is 6.51. The van der Waals surface area contributed by atoms with Gasteiger partial charge >= 0.3 is 0 Å². The van der Waals surface area contributed by atoms with E-state index in [1.165, 1.54) is 0 Å². The Hall–Kier alpha value is -0.220. The number of amides is 1. The minimum Gasteiger partial charge on any atom is -0.381 e. The molecule has 92 valence electrons. The molecule has 4 heteroatoms. The summed E-state index contributed by atoms with van der Waals surface area (Å²) in [4.78, 5) is 14.4. The summed E-state index contributed by atoms with van der Waals surface area (Å²) >= 11 is 1.95. The fraction of sp³-hybridized carbons (Fsp3) is 0.917. The molecule has 2 aliphatic rings. The lowest BCUT2D eigenvalue weighted by molar-refractivity contribution is -0.136. The fourth-order valence-corrected chi connectivity index (χ4v) is 3.98. The van der Waals surface area contributed by atoms with Gasteiger partial charge in [0.25, 0.3) is 0 Å². The standard InChI is InChI=1S/C12H21NO2S/c1-10(2)9-11(14)13-5-8-16-12(13)3-6-15-7-4-12/h10H,3-9H2,1-2H3. The van der Waals surface area contributed by atoms with Crippen LogP contribution in [-0.4, -0.2) is 41.2 Å². The molecule has 1 spiro atoms. The number of nitrogens with zero attached hydrogens (tertiary/aromatic N) is 1. The lowest BCUT2D eigenvalue weighted by atomic mass is 10.0. The van der Waals surface area contributed by atoms with Gasteiger partial charge in [0.05, 0.1) is 4.87 Å². The second-order valence-electron chi connectivity index (χ2n) is 5.05. The van der Waals surface area contributed by atoms with Crippen LogP contribution in [0.5, 0.6) is 0 Å². The number of thioether (sulfide) groups is 1. The smallest absolute Gasteiger partial charge is 0.223 e. The van der Waals surface area contributed by atoms with E-state index in [2.05, 4.69) is 18.7 Å². The molecule has 0 aliphatic carbocycles. The summed E-state index contributed by atoms with van der Waals surface area (Å²) in [7, 11) is 0. The Kier molecular flexibility index (Phi) is 3.80. The summed E-state index contributed by atoms with van der Waals surface area (Å²) in [5.41, 5.74) is 0. The monoisotopic (exact) mass is 243 g/mol. The van der Waals surface area contributed by atoms with Gasteiger partial charge in [0.2, 0.25) is 5.91 Å². The molecule has 2 saturated heterocycles. The highest BCUT2D eigenvalue weighted by Crippen LogP contribution is 2.43. The van der Waals surface area contributed by atoms with Crippen LogP contribution >= 0.6 is 11.8 Å². The molecule has 2 aliphatic heterocycles. The Bertz CT molecular complexity index is 262. The van der Waals surface area contributed by atoms with E-state index in [1.807, 2.05) is 11.8 Å². The third-order valence-electron chi connectivity index (χ3n) is 3.34. The first-order valence-corrected chi connectivity index (χ1v) is 7.15. The van der Waals surface area contributed by atoms with Crippen LogP contribution in [-0.2, 0) is 9.53 Å². The topological polar surface area (TPSA) is 29.5 Å². The van der Waals surface area contributed by atoms with Crippen molar-refractivity contribution in [2.45, 2.75) is 38.0 Å². The van der Waals surface area contributed by atoms with Crippen LogP contribution in [0.25, 0.3) is 0 Å². The van der Waals surface area contributed by atoms with Crippen LogP contribution in [0.15, 0.2) is 0 Å². The molecule has 0 N–H and O–H groups in total. The molecule has 0 radical (unpaired) electrons. The SMILES string of the molecule is CC(C)CC(=O)N1CCSC12CCOCC2. The third kappa shape index (κ3) is 2.38. The average molecular weight is 243 g/mol. The van der Waals surface area contributed by atoms with E-state index in [4.69, 9.17) is 4.74 Å². The van der Waals surface area contributed by atoms with Gasteiger partial charge in [-0.05, 0) is 5.92 Å². The van der Waals surface area contributed by atoms with E-state index >= 15 is 0 Å². The molecular weight excluding hydrogens is 222 g/mol. The molecule has 0 unspecified atom stereocenters. The van der Waals surface area contributed by atoms with Crippen molar-refractivity contribution < 1.29 is 9.53 Å². The predicted octanol–water partition coefficient (Wildman–Crippen LogP) is 2.11. The zero-order valence-electron chi connectivity index (χ0n) is 10.2. The highest BCUT2D eigenvalue weighted by molar-refractivity contribution is 8.00. The molecule has 1 amide bonds. The zero-order valence-corrected chi connectivity index (χ0v) is 11.0. The van der Waals surface area contributed by atoms with Gasteiger partial charge in [-0.2, -0.15) is 0 Å². The first-order chi connectivity index (χ1) is 7.64. The van der Waals surface area contributed by atoms with Crippen molar-refractivity contribution in [3.63, 3.8) is 0 Å². The van der Waals surface area contributed by atoms with Crippen molar-refractivity contribution in [2.75, 3.05) is 25.5 Å². The van der Waals surface area contributed by atoms with Gasteiger partial charge < -0.3 is 9.64 Å². The van der Waals surface area contributed by atoms with Crippen molar-refractivity contribution in [3.8, 4) is 0 Å². The number of carbonyl (C=O) groups excluding carboxylic acids is 1. The molecule has 0 aromatic carbocycles. The van der Waals surface area contributed by atoms with Gasteiger partial charge in [-0.25, -0.2) is 0 Å². The lowest BCUT2D eigenvalue weighted by Crippen LogP contribution is -2.49.